The molecule has 0 aliphatic carbocycles. The molecular formula is C14H26N2O4. The van der Waals surface area contributed by atoms with Crippen LogP contribution in [0.25, 0.3) is 0 Å². The zero-order valence-corrected chi connectivity index (χ0v) is 12.3. The van der Waals surface area contributed by atoms with E-state index in [1.165, 1.54) is 6.42 Å². The van der Waals surface area contributed by atoms with E-state index in [0.717, 1.165) is 32.3 Å². The Bertz CT molecular complexity index is 304. The van der Waals surface area contributed by atoms with Gasteiger partial charge in [0.25, 0.3) is 0 Å². The second-order valence-corrected chi connectivity index (χ2v) is 5.31. The summed E-state index contributed by atoms with van der Waals surface area (Å²) in [5.74, 6) is -0.763. The van der Waals surface area contributed by atoms with Crippen molar-refractivity contribution in [3.05, 3.63) is 0 Å². The standard InChI is InChI=1S/C14H26N2O4/c1-16(11-12-7-4-6-10-20-12)14(19)15-9-5-2-3-8-13(17)18/h12H,2-11H2,1H3,(H,15,19)(H,17,18). The highest BCUT2D eigenvalue weighted by molar-refractivity contribution is 5.73. The number of carboxylic acids is 1. The van der Waals surface area contributed by atoms with Gasteiger partial charge in [0, 0.05) is 33.2 Å². The minimum atomic E-state index is -0.763. The Kier molecular flexibility index (Phi) is 8.02. The van der Waals surface area contributed by atoms with E-state index in [0.29, 0.717) is 19.5 Å². The van der Waals surface area contributed by atoms with Gasteiger partial charge in [0.05, 0.1) is 6.10 Å². The van der Waals surface area contributed by atoms with Crippen LogP contribution in [0.1, 0.15) is 44.9 Å². The summed E-state index contributed by atoms with van der Waals surface area (Å²) < 4.78 is 5.60. The molecule has 0 radical (unpaired) electrons. The molecule has 1 aliphatic heterocycles. The van der Waals surface area contributed by atoms with Crippen molar-refractivity contribution >= 4 is 12.0 Å². The van der Waals surface area contributed by atoms with Gasteiger partial charge in [-0.1, -0.05) is 6.42 Å². The number of hydrogen-bond donors (Lipinski definition) is 2. The maximum Gasteiger partial charge on any atom is 0.317 e. The molecule has 0 aromatic rings. The molecule has 20 heavy (non-hydrogen) atoms. The lowest BCUT2D eigenvalue weighted by Gasteiger charge is -2.27. The van der Waals surface area contributed by atoms with Gasteiger partial charge in [-0.3, -0.25) is 4.79 Å². The van der Waals surface area contributed by atoms with Gasteiger partial charge in [-0.15, -0.1) is 0 Å². The number of likely N-dealkylation sites (N-methyl/N-ethyl adjacent to an activating group) is 1. The Hall–Kier alpha value is -1.30. The van der Waals surface area contributed by atoms with Crippen molar-refractivity contribution in [3.63, 3.8) is 0 Å². The predicted octanol–water partition coefficient (Wildman–Crippen LogP) is 1.84. The van der Waals surface area contributed by atoms with Crippen LogP contribution in [0.2, 0.25) is 0 Å². The van der Waals surface area contributed by atoms with Crippen LogP contribution in [-0.2, 0) is 9.53 Å². The Morgan fingerprint density at radius 2 is 2.10 bits per heavy atom. The number of unbranched alkanes of at least 4 members (excludes halogenated alkanes) is 2. The highest BCUT2D eigenvalue weighted by atomic mass is 16.5. The molecule has 6 heteroatoms. The predicted molar refractivity (Wildman–Crippen MR) is 75.7 cm³/mol. The third-order valence-corrected chi connectivity index (χ3v) is 3.44. The highest BCUT2D eigenvalue weighted by Crippen LogP contribution is 2.13. The van der Waals surface area contributed by atoms with Gasteiger partial charge in [0.1, 0.15) is 0 Å². The molecule has 1 saturated heterocycles. The smallest absolute Gasteiger partial charge is 0.317 e. The number of amides is 2. The minimum absolute atomic E-state index is 0.0857. The van der Waals surface area contributed by atoms with Gasteiger partial charge in [-0.25, -0.2) is 4.79 Å². The molecule has 1 rings (SSSR count). The number of carboxylic acid groups (broad SMARTS) is 1. The lowest BCUT2D eigenvalue weighted by molar-refractivity contribution is -0.137. The highest BCUT2D eigenvalue weighted by Gasteiger charge is 2.18. The van der Waals surface area contributed by atoms with Gasteiger partial charge in [-0.2, -0.15) is 0 Å². The topological polar surface area (TPSA) is 78.9 Å². The molecule has 2 amide bonds. The monoisotopic (exact) mass is 286 g/mol. The second-order valence-electron chi connectivity index (χ2n) is 5.31. The third kappa shape index (κ3) is 7.33. The summed E-state index contributed by atoms with van der Waals surface area (Å²) in [6.45, 7) is 2.02. The van der Waals surface area contributed by atoms with Crippen LogP contribution in [0.5, 0.6) is 0 Å². The van der Waals surface area contributed by atoms with Crippen LogP contribution in [0.15, 0.2) is 0 Å². The maximum absolute atomic E-state index is 11.8. The van der Waals surface area contributed by atoms with Crippen molar-refractivity contribution in [2.24, 2.45) is 0 Å². The van der Waals surface area contributed by atoms with Crippen LogP contribution < -0.4 is 5.32 Å². The molecule has 1 fully saturated rings. The largest absolute Gasteiger partial charge is 0.481 e. The van der Waals surface area contributed by atoms with E-state index in [1.807, 2.05) is 0 Å². The Morgan fingerprint density at radius 3 is 2.75 bits per heavy atom. The van der Waals surface area contributed by atoms with Crippen molar-refractivity contribution < 1.29 is 19.4 Å². The van der Waals surface area contributed by atoms with E-state index in [9.17, 15) is 9.59 Å². The molecule has 2 N–H and O–H groups in total. The average Bonchev–Trinajstić information content (AvgIpc) is 2.43. The fourth-order valence-electron chi connectivity index (χ4n) is 2.25. The number of carbonyl (C=O) groups is 2. The molecular weight excluding hydrogens is 260 g/mol. The van der Waals surface area contributed by atoms with Crippen LogP contribution in [-0.4, -0.2) is 54.9 Å². The first-order chi connectivity index (χ1) is 9.59. The number of ether oxygens (including phenoxy) is 1. The molecule has 1 atom stereocenters. The van der Waals surface area contributed by atoms with Crippen molar-refractivity contribution in [2.75, 3.05) is 26.7 Å². The SMILES string of the molecule is CN(CC1CCCCO1)C(=O)NCCCCCC(=O)O. The zero-order chi connectivity index (χ0) is 14.8. The summed E-state index contributed by atoms with van der Waals surface area (Å²) in [4.78, 5) is 23.8. The summed E-state index contributed by atoms with van der Waals surface area (Å²) in [7, 11) is 1.78. The number of nitrogens with zero attached hydrogens (tertiary/aromatic N) is 1. The molecule has 1 aliphatic rings. The fourth-order valence-corrected chi connectivity index (χ4v) is 2.25. The lowest BCUT2D eigenvalue weighted by Crippen LogP contribution is -2.42. The van der Waals surface area contributed by atoms with Gasteiger partial charge >= 0.3 is 12.0 Å². The van der Waals surface area contributed by atoms with Crippen LogP contribution in [0.3, 0.4) is 0 Å². The van der Waals surface area contributed by atoms with Gasteiger partial charge in [-0.05, 0) is 32.1 Å². The number of rotatable bonds is 8. The lowest BCUT2D eigenvalue weighted by atomic mass is 10.1. The molecule has 1 unspecified atom stereocenters. The molecule has 116 valence electrons. The van der Waals surface area contributed by atoms with E-state index in [1.54, 1.807) is 11.9 Å². The van der Waals surface area contributed by atoms with E-state index in [2.05, 4.69) is 5.32 Å². The van der Waals surface area contributed by atoms with E-state index in [4.69, 9.17) is 9.84 Å². The van der Waals surface area contributed by atoms with Gasteiger partial charge in [0.15, 0.2) is 0 Å². The van der Waals surface area contributed by atoms with Crippen molar-refractivity contribution in [1.82, 2.24) is 10.2 Å². The third-order valence-electron chi connectivity index (χ3n) is 3.44. The molecule has 0 aromatic carbocycles. The zero-order valence-electron chi connectivity index (χ0n) is 12.3. The number of urea groups is 1. The van der Waals surface area contributed by atoms with E-state index in [-0.39, 0.29) is 18.6 Å². The van der Waals surface area contributed by atoms with Crippen LogP contribution in [0.4, 0.5) is 4.79 Å². The first kappa shape index (κ1) is 16.8. The number of aliphatic carboxylic acids is 1. The normalized spacial score (nSPS) is 18.6. The molecule has 1 heterocycles. The number of nitrogens with one attached hydrogen (secondary N) is 1. The average molecular weight is 286 g/mol. The number of carbonyl (C=O) groups excluding carboxylic acids is 1. The van der Waals surface area contributed by atoms with Gasteiger partial charge in [0.2, 0.25) is 0 Å². The minimum Gasteiger partial charge on any atom is -0.481 e. The Labute approximate surface area is 120 Å². The van der Waals surface area contributed by atoms with Gasteiger partial charge < -0.3 is 20.1 Å². The molecule has 0 aromatic heterocycles. The summed E-state index contributed by atoms with van der Waals surface area (Å²) >= 11 is 0. The van der Waals surface area contributed by atoms with Crippen LogP contribution in [0, 0.1) is 0 Å². The fraction of sp³-hybridized carbons (Fsp3) is 0.857. The maximum atomic E-state index is 11.8. The summed E-state index contributed by atoms with van der Waals surface area (Å²) in [6, 6.07) is -0.0857. The van der Waals surface area contributed by atoms with Crippen molar-refractivity contribution in [3.8, 4) is 0 Å². The molecule has 0 saturated carbocycles. The Balaban J connectivity index is 2.04. The second kappa shape index (κ2) is 9.58. The Morgan fingerprint density at radius 1 is 1.30 bits per heavy atom. The molecule has 0 spiro atoms. The van der Waals surface area contributed by atoms with Crippen molar-refractivity contribution in [2.45, 2.75) is 51.0 Å². The van der Waals surface area contributed by atoms with Crippen molar-refractivity contribution in [1.29, 1.82) is 0 Å². The summed E-state index contributed by atoms with van der Waals surface area (Å²) in [5.41, 5.74) is 0. The summed E-state index contributed by atoms with van der Waals surface area (Å²) in [5, 5.41) is 11.3. The van der Waals surface area contributed by atoms with E-state index < -0.39 is 5.97 Å². The first-order valence-electron chi connectivity index (χ1n) is 7.42. The van der Waals surface area contributed by atoms with Crippen LogP contribution >= 0.6 is 0 Å². The summed E-state index contributed by atoms with van der Waals surface area (Å²) in [6.07, 6.45) is 5.97. The first-order valence-corrected chi connectivity index (χ1v) is 7.42. The molecule has 6 nitrogen and oxygen atoms in total. The number of hydrogen-bond acceptors (Lipinski definition) is 3. The quantitative estimate of drug-likeness (QED) is 0.667. The molecule has 0 bridgehead atoms. The van der Waals surface area contributed by atoms with E-state index >= 15 is 0 Å².